The lowest BCUT2D eigenvalue weighted by Crippen LogP contribution is -2.17. The number of phenols is 1. The normalized spacial score (nSPS) is 11.5. The van der Waals surface area contributed by atoms with Crippen molar-refractivity contribution in [2.75, 3.05) is 6.54 Å². The molecule has 0 unspecified atom stereocenters. The van der Waals surface area contributed by atoms with Crippen LogP contribution in [0.25, 0.3) is 0 Å². The highest BCUT2D eigenvalue weighted by Gasteiger charge is 2.32. The van der Waals surface area contributed by atoms with E-state index in [9.17, 15) is 18.3 Å². The lowest BCUT2D eigenvalue weighted by molar-refractivity contribution is -0.275. The Morgan fingerprint density at radius 1 is 1.33 bits per heavy atom. The molecule has 0 heterocycles. The highest BCUT2D eigenvalue weighted by Crippen LogP contribution is 2.33. The third-order valence-electron chi connectivity index (χ3n) is 1.72. The van der Waals surface area contributed by atoms with Crippen LogP contribution in [0, 0.1) is 0 Å². The van der Waals surface area contributed by atoms with Gasteiger partial charge in [-0.3, -0.25) is 0 Å². The molecule has 1 aromatic rings. The van der Waals surface area contributed by atoms with Gasteiger partial charge < -0.3 is 15.6 Å². The summed E-state index contributed by atoms with van der Waals surface area (Å²) >= 11 is 0. The molecule has 0 atom stereocenters. The molecule has 3 N–H and O–H groups in total. The zero-order valence-electron chi connectivity index (χ0n) is 7.71. The minimum atomic E-state index is -4.81. The van der Waals surface area contributed by atoms with Gasteiger partial charge in [0.1, 0.15) is 0 Å². The van der Waals surface area contributed by atoms with Crippen LogP contribution in [0.15, 0.2) is 18.2 Å². The number of alkyl halides is 3. The number of halogens is 3. The Morgan fingerprint density at radius 2 is 2.00 bits per heavy atom. The van der Waals surface area contributed by atoms with E-state index in [4.69, 9.17) is 5.73 Å². The summed E-state index contributed by atoms with van der Waals surface area (Å²) in [6.45, 7) is 0.239. The SMILES string of the molecule is NCCc1cccc(OC(F)(F)F)c1O. The third-order valence-corrected chi connectivity index (χ3v) is 1.72. The summed E-state index contributed by atoms with van der Waals surface area (Å²) in [5.41, 5.74) is 5.57. The topological polar surface area (TPSA) is 55.5 Å². The van der Waals surface area contributed by atoms with Gasteiger partial charge in [-0.05, 0) is 24.6 Å². The fourth-order valence-electron chi connectivity index (χ4n) is 1.13. The number of ether oxygens (including phenoxy) is 1. The van der Waals surface area contributed by atoms with Crippen LogP contribution in [0.1, 0.15) is 5.56 Å². The average molecular weight is 221 g/mol. The largest absolute Gasteiger partial charge is 0.573 e. The number of hydrogen-bond donors (Lipinski definition) is 2. The van der Waals surface area contributed by atoms with Crippen LogP contribution >= 0.6 is 0 Å². The Labute approximate surface area is 84.3 Å². The van der Waals surface area contributed by atoms with Crippen molar-refractivity contribution in [2.24, 2.45) is 5.73 Å². The summed E-state index contributed by atoms with van der Waals surface area (Å²) < 4.78 is 39.3. The molecule has 0 fully saturated rings. The van der Waals surface area contributed by atoms with Gasteiger partial charge in [0.05, 0.1) is 0 Å². The number of nitrogens with two attached hydrogens (primary N) is 1. The molecule has 3 nitrogen and oxygen atoms in total. The molecule has 1 rings (SSSR count). The number of aromatic hydroxyl groups is 1. The number of benzene rings is 1. The van der Waals surface area contributed by atoms with Gasteiger partial charge in [0.25, 0.3) is 0 Å². The summed E-state index contributed by atoms with van der Waals surface area (Å²) in [5.74, 6) is -1.12. The van der Waals surface area contributed by atoms with Gasteiger partial charge in [-0.1, -0.05) is 12.1 Å². The van der Waals surface area contributed by atoms with Crippen LogP contribution in [0.5, 0.6) is 11.5 Å². The quantitative estimate of drug-likeness (QED) is 0.818. The molecule has 0 aromatic heterocycles. The maximum absolute atomic E-state index is 11.9. The van der Waals surface area contributed by atoms with Crippen LogP contribution in [-0.2, 0) is 6.42 Å². The third kappa shape index (κ3) is 3.32. The van der Waals surface area contributed by atoms with Gasteiger partial charge >= 0.3 is 6.36 Å². The van der Waals surface area contributed by atoms with E-state index in [1.165, 1.54) is 12.1 Å². The van der Waals surface area contributed by atoms with E-state index >= 15 is 0 Å². The van der Waals surface area contributed by atoms with Crippen LogP contribution in [0.3, 0.4) is 0 Å². The fraction of sp³-hybridized carbons (Fsp3) is 0.333. The van der Waals surface area contributed by atoms with Crippen molar-refractivity contribution >= 4 is 0 Å². The highest BCUT2D eigenvalue weighted by molar-refractivity contribution is 5.45. The Bertz CT molecular complexity index is 339. The molecular weight excluding hydrogens is 211 g/mol. The van der Waals surface area contributed by atoms with Crippen LogP contribution in [-0.4, -0.2) is 18.0 Å². The molecule has 0 spiro atoms. The Morgan fingerprint density at radius 3 is 2.53 bits per heavy atom. The summed E-state index contributed by atoms with van der Waals surface area (Å²) in [6.07, 6.45) is -4.51. The van der Waals surface area contributed by atoms with Gasteiger partial charge in [-0.25, -0.2) is 0 Å². The summed E-state index contributed by atoms with van der Waals surface area (Å²) in [5, 5.41) is 9.40. The van der Waals surface area contributed by atoms with Gasteiger partial charge in [0.2, 0.25) is 0 Å². The van der Waals surface area contributed by atoms with E-state index in [1.807, 2.05) is 0 Å². The molecule has 15 heavy (non-hydrogen) atoms. The summed E-state index contributed by atoms with van der Waals surface area (Å²) in [4.78, 5) is 0. The first-order valence-electron chi connectivity index (χ1n) is 4.20. The first kappa shape index (κ1) is 11.6. The van der Waals surface area contributed by atoms with Crippen LogP contribution in [0.2, 0.25) is 0 Å². The molecule has 84 valence electrons. The molecule has 0 amide bonds. The first-order chi connectivity index (χ1) is 6.94. The van der Waals surface area contributed by atoms with Crippen molar-refractivity contribution in [2.45, 2.75) is 12.8 Å². The molecular formula is C9H10F3NO2. The standard InChI is InChI=1S/C9H10F3NO2/c10-9(11,12)15-7-3-1-2-6(4-5-13)8(7)14/h1-3,14H,4-5,13H2. The van der Waals surface area contributed by atoms with Gasteiger partial charge in [0.15, 0.2) is 11.5 Å². The second-order valence-corrected chi connectivity index (χ2v) is 2.85. The first-order valence-corrected chi connectivity index (χ1v) is 4.20. The molecule has 0 bridgehead atoms. The molecule has 0 radical (unpaired) electrons. The Balaban J connectivity index is 2.94. The van der Waals surface area contributed by atoms with E-state index in [0.717, 1.165) is 6.07 Å². The van der Waals surface area contributed by atoms with Crippen LogP contribution in [0.4, 0.5) is 13.2 Å². The molecule has 0 aliphatic rings. The molecule has 0 aliphatic carbocycles. The number of hydrogen-bond acceptors (Lipinski definition) is 3. The van der Waals surface area contributed by atoms with Gasteiger partial charge in [-0.15, -0.1) is 13.2 Å². The smallest absolute Gasteiger partial charge is 0.504 e. The van der Waals surface area contributed by atoms with Crippen molar-refractivity contribution in [3.05, 3.63) is 23.8 Å². The van der Waals surface area contributed by atoms with E-state index in [0.29, 0.717) is 12.0 Å². The predicted octanol–water partition coefficient (Wildman–Crippen LogP) is 1.79. The Kier molecular flexibility index (Phi) is 3.41. The maximum Gasteiger partial charge on any atom is 0.573 e. The molecule has 1 aromatic carbocycles. The van der Waals surface area contributed by atoms with E-state index in [-0.39, 0.29) is 6.54 Å². The zero-order valence-corrected chi connectivity index (χ0v) is 7.71. The molecule has 0 saturated heterocycles. The van der Waals surface area contributed by atoms with Crippen molar-refractivity contribution in [3.8, 4) is 11.5 Å². The van der Waals surface area contributed by atoms with Crippen molar-refractivity contribution < 1.29 is 23.0 Å². The average Bonchev–Trinajstić information content (AvgIpc) is 2.10. The van der Waals surface area contributed by atoms with Gasteiger partial charge in [0, 0.05) is 0 Å². The van der Waals surface area contributed by atoms with E-state index < -0.39 is 17.9 Å². The number of rotatable bonds is 3. The Hall–Kier alpha value is -1.43. The summed E-state index contributed by atoms with van der Waals surface area (Å²) in [7, 11) is 0. The minimum Gasteiger partial charge on any atom is -0.504 e. The van der Waals surface area contributed by atoms with Crippen molar-refractivity contribution in [1.29, 1.82) is 0 Å². The predicted molar refractivity (Wildman–Crippen MR) is 47.5 cm³/mol. The monoisotopic (exact) mass is 221 g/mol. The summed E-state index contributed by atoms with van der Waals surface area (Å²) in [6, 6.07) is 3.90. The van der Waals surface area contributed by atoms with E-state index in [2.05, 4.69) is 4.74 Å². The zero-order chi connectivity index (χ0) is 11.5. The second-order valence-electron chi connectivity index (χ2n) is 2.85. The van der Waals surface area contributed by atoms with E-state index in [1.54, 1.807) is 0 Å². The van der Waals surface area contributed by atoms with Crippen LogP contribution < -0.4 is 10.5 Å². The fourth-order valence-corrected chi connectivity index (χ4v) is 1.13. The number of para-hydroxylation sites is 1. The molecule has 6 heteroatoms. The van der Waals surface area contributed by atoms with Crippen molar-refractivity contribution in [3.63, 3.8) is 0 Å². The van der Waals surface area contributed by atoms with Crippen molar-refractivity contribution in [1.82, 2.24) is 0 Å². The minimum absolute atomic E-state index is 0.239. The highest BCUT2D eigenvalue weighted by atomic mass is 19.4. The maximum atomic E-state index is 11.9. The second kappa shape index (κ2) is 4.39. The molecule has 0 saturated carbocycles. The van der Waals surface area contributed by atoms with Gasteiger partial charge in [-0.2, -0.15) is 0 Å². The lowest BCUT2D eigenvalue weighted by atomic mass is 10.1. The molecule has 0 aliphatic heterocycles. The lowest BCUT2D eigenvalue weighted by Gasteiger charge is -2.12. The number of phenolic OH excluding ortho intramolecular Hbond substituents is 1.